The molecule has 0 aromatic rings. The molecule has 0 heterocycles. The van der Waals surface area contributed by atoms with E-state index in [9.17, 15) is 0 Å². The first-order chi connectivity index (χ1) is 7.00. The highest BCUT2D eigenvalue weighted by Gasteiger charge is 2.06. The number of allylic oxidation sites excluding steroid dienone is 3. The Morgan fingerprint density at radius 2 is 1.47 bits per heavy atom. The topological polar surface area (TPSA) is 12.0 Å². The summed E-state index contributed by atoms with van der Waals surface area (Å²) in [6, 6.07) is 0. The smallest absolute Gasteiger partial charge is 0.00277 e. The lowest BCUT2D eigenvalue weighted by Crippen LogP contribution is -2.02. The minimum atomic E-state index is 0.604. The summed E-state index contributed by atoms with van der Waals surface area (Å²) in [5.74, 6) is 1.24. The van der Waals surface area contributed by atoms with Gasteiger partial charge in [0.25, 0.3) is 0 Å². The average molecular weight is 211 g/mol. The van der Waals surface area contributed by atoms with Gasteiger partial charge in [-0.2, -0.15) is 0 Å². The number of rotatable bonds is 4. The maximum absolute atomic E-state index is 3.03. The van der Waals surface area contributed by atoms with Crippen LogP contribution in [0.5, 0.6) is 0 Å². The molecule has 0 rings (SSSR count). The molecule has 0 spiro atoms. The minimum Gasteiger partial charge on any atom is -0.394 e. The molecule has 1 heteroatoms. The second-order valence-corrected chi connectivity index (χ2v) is 4.07. The molecule has 1 N–H and O–H groups in total. The SMILES string of the molecule is CC.CN/C=C\C(=C(/C)C(C)C)C(C)C. The highest BCUT2D eigenvalue weighted by molar-refractivity contribution is 5.27. The van der Waals surface area contributed by atoms with Crippen LogP contribution < -0.4 is 5.32 Å². The molecule has 0 aliphatic heterocycles. The zero-order valence-electron chi connectivity index (χ0n) is 11.8. The summed E-state index contributed by atoms with van der Waals surface area (Å²) in [5, 5.41) is 3.03. The molecule has 0 radical (unpaired) electrons. The summed E-state index contributed by atoms with van der Waals surface area (Å²) >= 11 is 0. The average Bonchev–Trinajstić information content (AvgIpc) is 2.20. The largest absolute Gasteiger partial charge is 0.394 e. The van der Waals surface area contributed by atoms with E-state index in [2.05, 4.69) is 46.0 Å². The molecule has 0 fully saturated rings. The van der Waals surface area contributed by atoms with Crippen LogP contribution in [0, 0.1) is 11.8 Å². The van der Waals surface area contributed by atoms with Gasteiger partial charge in [-0.15, -0.1) is 0 Å². The van der Waals surface area contributed by atoms with E-state index in [0.717, 1.165) is 0 Å². The first kappa shape index (κ1) is 16.7. The molecule has 0 aromatic heterocycles. The second-order valence-electron chi connectivity index (χ2n) is 4.07. The zero-order valence-corrected chi connectivity index (χ0v) is 11.8. The van der Waals surface area contributed by atoms with Crippen molar-refractivity contribution in [2.75, 3.05) is 7.05 Å². The van der Waals surface area contributed by atoms with Crippen molar-refractivity contribution in [3.8, 4) is 0 Å². The predicted octanol–water partition coefficient (Wildman–Crippen LogP) is 4.37. The van der Waals surface area contributed by atoms with Gasteiger partial charge in [0, 0.05) is 7.05 Å². The molecule has 0 aliphatic carbocycles. The van der Waals surface area contributed by atoms with Crippen LogP contribution in [0.2, 0.25) is 0 Å². The lowest BCUT2D eigenvalue weighted by molar-refractivity contribution is 0.705. The normalized spacial score (nSPS) is 12.7. The Kier molecular flexibility index (Phi) is 10.9. The van der Waals surface area contributed by atoms with E-state index in [1.54, 1.807) is 0 Å². The molecule has 0 amide bonds. The first-order valence-electron chi connectivity index (χ1n) is 6.05. The van der Waals surface area contributed by atoms with Gasteiger partial charge in [-0.3, -0.25) is 0 Å². The lowest BCUT2D eigenvalue weighted by Gasteiger charge is -2.15. The van der Waals surface area contributed by atoms with E-state index in [1.807, 2.05) is 27.1 Å². The fourth-order valence-corrected chi connectivity index (χ4v) is 1.29. The first-order valence-corrected chi connectivity index (χ1v) is 6.05. The summed E-state index contributed by atoms with van der Waals surface area (Å²) in [5.41, 5.74) is 2.94. The summed E-state index contributed by atoms with van der Waals surface area (Å²) < 4.78 is 0. The van der Waals surface area contributed by atoms with Crippen molar-refractivity contribution in [2.24, 2.45) is 11.8 Å². The fourth-order valence-electron chi connectivity index (χ4n) is 1.29. The van der Waals surface area contributed by atoms with E-state index in [1.165, 1.54) is 11.1 Å². The number of hydrogen-bond acceptors (Lipinski definition) is 1. The molecule has 0 atom stereocenters. The van der Waals surface area contributed by atoms with Crippen LogP contribution in [0.15, 0.2) is 23.4 Å². The molecule has 90 valence electrons. The second kappa shape index (κ2) is 9.82. The van der Waals surface area contributed by atoms with Crippen molar-refractivity contribution in [1.82, 2.24) is 5.32 Å². The predicted molar refractivity (Wildman–Crippen MR) is 71.9 cm³/mol. The molecule has 1 nitrogen and oxygen atoms in total. The van der Waals surface area contributed by atoms with Gasteiger partial charge in [0.15, 0.2) is 0 Å². The molecular formula is C14H29N. The maximum Gasteiger partial charge on any atom is 0.00277 e. The van der Waals surface area contributed by atoms with Crippen molar-refractivity contribution >= 4 is 0 Å². The third-order valence-corrected chi connectivity index (χ3v) is 2.37. The fraction of sp³-hybridized carbons (Fsp3) is 0.714. The highest BCUT2D eigenvalue weighted by atomic mass is 14.8. The Balaban J connectivity index is 0. The minimum absolute atomic E-state index is 0.604. The van der Waals surface area contributed by atoms with Crippen LogP contribution in [0.3, 0.4) is 0 Å². The highest BCUT2D eigenvalue weighted by Crippen LogP contribution is 2.21. The molecule has 15 heavy (non-hydrogen) atoms. The van der Waals surface area contributed by atoms with Gasteiger partial charge in [0.05, 0.1) is 0 Å². The van der Waals surface area contributed by atoms with Crippen LogP contribution in [-0.2, 0) is 0 Å². The van der Waals surface area contributed by atoms with E-state index in [4.69, 9.17) is 0 Å². The Hall–Kier alpha value is -0.720. The third-order valence-electron chi connectivity index (χ3n) is 2.37. The van der Waals surface area contributed by atoms with Gasteiger partial charge < -0.3 is 5.32 Å². The Morgan fingerprint density at radius 3 is 1.73 bits per heavy atom. The Bertz CT molecular complexity index is 197. The van der Waals surface area contributed by atoms with Gasteiger partial charge in [-0.25, -0.2) is 0 Å². The maximum atomic E-state index is 3.03. The molecule has 0 aliphatic rings. The van der Waals surface area contributed by atoms with Gasteiger partial charge in [0.1, 0.15) is 0 Å². The van der Waals surface area contributed by atoms with Gasteiger partial charge in [-0.05, 0) is 36.6 Å². The van der Waals surface area contributed by atoms with Crippen molar-refractivity contribution in [3.63, 3.8) is 0 Å². The summed E-state index contributed by atoms with van der Waals surface area (Å²) in [6.07, 6.45) is 4.18. The monoisotopic (exact) mass is 211 g/mol. The molecule has 0 unspecified atom stereocenters. The van der Waals surface area contributed by atoms with Gasteiger partial charge in [-0.1, -0.05) is 47.1 Å². The molecular weight excluding hydrogens is 182 g/mol. The van der Waals surface area contributed by atoms with Crippen molar-refractivity contribution in [1.29, 1.82) is 0 Å². The quantitative estimate of drug-likeness (QED) is 0.681. The van der Waals surface area contributed by atoms with Crippen molar-refractivity contribution in [2.45, 2.75) is 48.5 Å². The van der Waals surface area contributed by atoms with Crippen LogP contribution in [0.1, 0.15) is 48.5 Å². The Labute approximate surface area is 96.7 Å². The summed E-state index contributed by atoms with van der Waals surface area (Å²) in [6.45, 7) is 15.2. The van der Waals surface area contributed by atoms with Crippen LogP contribution in [-0.4, -0.2) is 7.05 Å². The van der Waals surface area contributed by atoms with E-state index in [-0.39, 0.29) is 0 Å². The molecule has 0 aromatic carbocycles. The van der Waals surface area contributed by atoms with E-state index < -0.39 is 0 Å². The van der Waals surface area contributed by atoms with Crippen molar-refractivity contribution in [3.05, 3.63) is 23.4 Å². The Morgan fingerprint density at radius 1 is 1.00 bits per heavy atom. The standard InChI is InChI=1S/C12H23N.C2H6/c1-9(2)11(5)12(10(3)4)7-8-13-6;1-2/h7-10,13H,1-6H3;1-2H3/b8-7-,12-11-;. The summed E-state index contributed by atoms with van der Waals surface area (Å²) in [7, 11) is 1.93. The third kappa shape index (κ3) is 7.24. The molecule has 0 bridgehead atoms. The van der Waals surface area contributed by atoms with Crippen LogP contribution >= 0.6 is 0 Å². The van der Waals surface area contributed by atoms with Crippen LogP contribution in [0.4, 0.5) is 0 Å². The molecule has 0 saturated carbocycles. The van der Waals surface area contributed by atoms with Crippen LogP contribution in [0.25, 0.3) is 0 Å². The number of hydrogen-bond donors (Lipinski definition) is 1. The zero-order chi connectivity index (χ0) is 12.4. The van der Waals surface area contributed by atoms with Gasteiger partial charge in [0.2, 0.25) is 0 Å². The number of nitrogens with one attached hydrogen (secondary N) is 1. The van der Waals surface area contributed by atoms with Crippen molar-refractivity contribution < 1.29 is 0 Å². The lowest BCUT2D eigenvalue weighted by atomic mass is 9.92. The molecule has 0 saturated heterocycles. The summed E-state index contributed by atoms with van der Waals surface area (Å²) in [4.78, 5) is 0. The van der Waals surface area contributed by atoms with E-state index >= 15 is 0 Å². The van der Waals surface area contributed by atoms with E-state index in [0.29, 0.717) is 11.8 Å². The van der Waals surface area contributed by atoms with Gasteiger partial charge >= 0.3 is 0 Å².